The second-order valence-corrected chi connectivity index (χ2v) is 5.79. The third kappa shape index (κ3) is 2.29. The van der Waals surface area contributed by atoms with E-state index >= 15 is 0 Å². The maximum atomic E-state index is 5.94. The number of aromatic nitrogens is 1. The van der Waals surface area contributed by atoms with Gasteiger partial charge in [0.25, 0.3) is 0 Å². The zero-order valence-electron chi connectivity index (χ0n) is 12.6. The fourth-order valence-electron chi connectivity index (χ4n) is 3.14. The molecule has 4 rings (SSSR count). The molecule has 1 unspecified atom stereocenters. The van der Waals surface area contributed by atoms with Crippen LogP contribution >= 0.6 is 0 Å². The fourth-order valence-corrected chi connectivity index (χ4v) is 3.14. The Morgan fingerprint density at radius 2 is 1.86 bits per heavy atom. The largest absolute Gasteiger partial charge is 0.439 e. The SMILES string of the molecule is CC1Cc2ccccc2N1Cc1ncc(-c2ccccc2)o1. The lowest BCUT2D eigenvalue weighted by Crippen LogP contribution is -2.28. The molecule has 1 atom stereocenters. The standard InChI is InChI=1S/C19H18N2O/c1-14-11-16-9-5-6-10-17(16)21(14)13-19-20-12-18(22-19)15-7-3-2-4-8-15/h2-10,12,14H,11,13H2,1H3. The predicted octanol–water partition coefficient (Wildman–Crippen LogP) is 4.29. The quantitative estimate of drug-likeness (QED) is 0.720. The van der Waals surface area contributed by atoms with Gasteiger partial charge in [-0.05, 0) is 25.0 Å². The van der Waals surface area contributed by atoms with Crippen molar-refractivity contribution >= 4 is 5.69 Å². The van der Waals surface area contributed by atoms with E-state index in [-0.39, 0.29) is 0 Å². The van der Waals surface area contributed by atoms with Crippen LogP contribution in [0.2, 0.25) is 0 Å². The predicted molar refractivity (Wildman–Crippen MR) is 87.7 cm³/mol. The summed E-state index contributed by atoms with van der Waals surface area (Å²) in [5.41, 5.74) is 3.77. The number of oxazole rings is 1. The Morgan fingerprint density at radius 1 is 1.09 bits per heavy atom. The van der Waals surface area contributed by atoms with Gasteiger partial charge in [0.15, 0.2) is 5.76 Å². The molecular weight excluding hydrogens is 272 g/mol. The molecule has 0 spiro atoms. The second kappa shape index (κ2) is 5.34. The van der Waals surface area contributed by atoms with Crippen LogP contribution < -0.4 is 4.90 Å². The van der Waals surface area contributed by atoms with Crippen molar-refractivity contribution in [2.24, 2.45) is 0 Å². The average Bonchev–Trinajstić information content (AvgIpc) is 3.14. The molecule has 1 aliphatic rings. The fraction of sp³-hybridized carbons (Fsp3) is 0.211. The number of hydrogen-bond donors (Lipinski definition) is 0. The van der Waals surface area contributed by atoms with Crippen molar-refractivity contribution < 1.29 is 4.42 Å². The van der Waals surface area contributed by atoms with Crippen LogP contribution in [0.3, 0.4) is 0 Å². The first-order valence-electron chi connectivity index (χ1n) is 7.66. The van der Waals surface area contributed by atoms with Gasteiger partial charge in [0, 0.05) is 17.3 Å². The highest BCUT2D eigenvalue weighted by Gasteiger charge is 2.26. The molecule has 22 heavy (non-hydrogen) atoms. The van der Waals surface area contributed by atoms with Crippen molar-refractivity contribution in [1.29, 1.82) is 0 Å². The van der Waals surface area contributed by atoms with Gasteiger partial charge in [0.2, 0.25) is 5.89 Å². The van der Waals surface area contributed by atoms with Crippen LogP contribution in [0.1, 0.15) is 18.4 Å². The van der Waals surface area contributed by atoms with E-state index in [2.05, 4.69) is 41.1 Å². The molecule has 0 fully saturated rings. The van der Waals surface area contributed by atoms with Gasteiger partial charge in [-0.25, -0.2) is 4.98 Å². The highest BCUT2D eigenvalue weighted by atomic mass is 16.4. The van der Waals surface area contributed by atoms with Crippen LogP contribution in [0, 0.1) is 0 Å². The molecule has 0 bridgehead atoms. The summed E-state index contributed by atoms with van der Waals surface area (Å²) >= 11 is 0. The third-order valence-corrected chi connectivity index (χ3v) is 4.27. The van der Waals surface area contributed by atoms with Gasteiger partial charge in [0.1, 0.15) is 0 Å². The summed E-state index contributed by atoms with van der Waals surface area (Å²) in [4.78, 5) is 6.83. The van der Waals surface area contributed by atoms with E-state index in [1.807, 2.05) is 36.5 Å². The third-order valence-electron chi connectivity index (χ3n) is 4.27. The highest BCUT2D eigenvalue weighted by molar-refractivity contribution is 5.59. The summed E-state index contributed by atoms with van der Waals surface area (Å²) in [6.45, 7) is 2.96. The van der Waals surface area contributed by atoms with E-state index in [4.69, 9.17) is 4.42 Å². The van der Waals surface area contributed by atoms with Crippen molar-refractivity contribution in [3.05, 3.63) is 72.2 Å². The Kier molecular flexibility index (Phi) is 3.19. The van der Waals surface area contributed by atoms with Crippen LogP contribution in [0.15, 0.2) is 65.2 Å². The number of hydrogen-bond acceptors (Lipinski definition) is 3. The van der Waals surface area contributed by atoms with E-state index in [9.17, 15) is 0 Å². The van der Waals surface area contributed by atoms with Gasteiger partial charge in [-0.15, -0.1) is 0 Å². The van der Waals surface area contributed by atoms with Crippen LogP contribution in [0.25, 0.3) is 11.3 Å². The lowest BCUT2D eigenvalue weighted by molar-refractivity contribution is 0.489. The number of rotatable bonds is 3. The monoisotopic (exact) mass is 290 g/mol. The normalized spacial score (nSPS) is 16.8. The van der Waals surface area contributed by atoms with Crippen molar-refractivity contribution in [2.75, 3.05) is 4.90 Å². The van der Waals surface area contributed by atoms with Crippen LogP contribution in [-0.2, 0) is 13.0 Å². The summed E-state index contributed by atoms with van der Waals surface area (Å²) in [5.74, 6) is 1.60. The van der Waals surface area contributed by atoms with E-state index in [0.29, 0.717) is 12.6 Å². The molecule has 2 heterocycles. The van der Waals surface area contributed by atoms with Crippen molar-refractivity contribution in [3.8, 4) is 11.3 Å². The van der Waals surface area contributed by atoms with Crippen LogP contribution in [0.4, 0.5) is 5.69 Å². The maximum Gasteiger partial charge on any atom is 0.214 e. The van der Waals surface area contributed by atoms with E-state index < -0.39 is 0 Å². The molecule has 0 N–H and O–H groups in total. The summed E-state index contributed by atoms with van der Waals surface area (Å²) < 4.78 is 5.94. The van der Waals surface area contributed by atoms with E-state index in [1.54, 1.807) is 0 Å². The molecule has 0 saturated carbocycles. The highest BCUT2D eigenvalue weighted by Crippen LogP contribution is 2.33. The summed E-state index contributed by atoms with van der Waals surface area (Å²) in [6.07, 6.45) is 2.90. The van der Waals surface area contributed by atoms with Gasteiger partial charge in [-0.2, -0.15) is 0 Å². The molecule has 1 aromatic heterocycles. The molecule has 0 saturated heterocycles. The first-order chi connectivity index (χ1) is 10.8. The van der Waals surface area contributed by atoms with Gasteiger partial charge < -0.3 is 9.32 Å². The first-order valence-corrected chi connectivity index (χ1v) is 7.66. The number of para-hydroxylation sites is 1. The van der Waals surface area contributed by atoms with Gasteiger partial charge in [-0.1, -0.05) is 48.5 Å². The Balaban J connectivity index is 1.59. The van der Waals surface area contributed by atoms with Crippen molar-refractivity contribution in [3.63, 3.8) is 0 Å². The van der Waals surface area contributed by atoms with E-state index in [1.165, 1.54) is 11.3 Å². The topological polar surface area (TPSA) is 29.3 Å². The Bertz CT molecular complexity index is 779. The molecule has 3 aromatic rings. The smallest absolute Gasteiger partial charge is 0.214 e. The number of benzene rings is 2. The first kappa shape index (κ1) is 13.1. The molecule has 2 aromatic carbocycles. The minimum atomic E-state index is 0.476. The zero-order valence-corrected chi connectivity index (χ0v) is 12.6. The summed E-state index contributed by atoms with van der Waals surface area (Å²) in [5, 5.41) is 0. The second-order valence-electron chi connectivity index (χ2n) is 5.79. The van der Waals surface area contributed by atoms with Crippen LogP contribution in [0.5, 0.6) is 0 Å². The molecule has 0 radical (unpaired) electrons. The number of nitrogens with zero attached hydrogens (tertiary/aromatic N) is 2. The molecule has 3 heteroatoms. The lowest BCUT2D eigenvalue weighted by Gasteiger charge is -2.23. The summed E-state index contributed by atoms with van der Waals surface area (Å²) in [7, 11) is 0. The Labute approximate surface area is 130 Å². The van der Waals surface area contributed by atoms with Gasteiger partial charge in [0.05, 0.1) is 12.7 Å². The minimum absolute atomic E-state index is 0.476. The molecule has 3 nitrogen and oxygen atoms in total. The molecule has 110 valence electrons. The Morgan fingerprint density at radius 3 is 2.73 bits per heavy atom. The molecule has 1 aliphatic heterocycles. The maximum absolute atomic E-state index is 5.94. The average molecular weight is 290 g/mol. The minimum Gasteiger partial charge on any atom is -0.439 e. The lowest BCUT2D eigenvalue weighted by atomic mass is 10.1. The summed E-state index contributed by atoms with van der Waals surface area (Å²) in [6, 6.07) is 19.2. The van der Waals surface area contributed by atoms with Crippen LogP contribution in [-0.4, -0.2) is 11.0 Å². The van der Waals surface area contributed by atoms with Gasteiger partial charge in [-0.3, -0.25) is 0 Å². The van der Waals surface area contributed by atoms with Crippen molar-refractivity contribution in [1.82, 2.24) is 4.98 Å². The molecule has 0 amide bonds. The molecular formula is C19H18N2O. The zero-order chi connectivity index (χ0) is 14.9. The Hall–Kier alpha value is -2.55. The number of anilines is 1. The van der Waals surface area contributed by atoms with E-state index in [0.717, 1.165) is 23.6 Å². The molecule has 0 aliphatic carbocycles. The van der Waals surface area contributed by atoms with Crippen molar-refractivity contribution in [2.45, 2.75) is 25.9 Å². The number of fused-ring (bicyclic) bond motifs is 1. The van der Waals surface area contributed by atoms with Gasteiger partial charge >= 0.3 is 0 Å².